The van der Waals surface area contributed by atoms with Gasteiger partial charge in [-0.25, -0.2) is 0 Å². The standard InChI is InChI=1S/C43H38O5/c1-5-13-32(14-6-1)28-44-37-26-41(46-30-34-17-9-3-10-18-34)38-22-24-39(48-42(38)27-37)36-21-23-40(45-29-33-15-7-2-8-16-33)43(25-36)47-31-35-19-11-4-12-20-35/h1-21,23,25-27,39H,22,24,28-31H2/t39-/m1/s1. The molecule has 0 fully saturated rings. The van der Waals surface area contributed by atoms with Crippen LogP contribution in [0.25, 0.3) is 0 Å². The van der Waals surface area contributed by atoms with Crippen molar-refractivity contribution >= 4 is 0 Å². The van der Waals surface area contributed by atoms with Crippen LogP contribution in [-0.2, 0) is 32.8 Å². The molecule has 0 spiro atoms. The van der Waals surface area contributed by atoms with Crippen LogP contribution in [0, 0.1) is 0 Å². The topological polar surface area (TPSA) is 46.2 Å². The summed E-state index contributed by atoms with van der Waals surface area (Å²) in [7, 11) is 0. The summed E-state index contributed by atoms with van der Waals surface area (Å²) in [5, 5.41) is 0. The van der Waals surface area contributed by atoms with Crippen molar-refractivity contribution in [3.8, 4) is 28.7 Å². The van der Waals surface area contributed by atoms with Crippen molar-refractivity contribution in [2.75, 3.05) is 0 Å². The molecule has 0 N–H and O–H groups in total. The first-order valence-electron chi connectivity index (χ1n) is 16.4. The molecule has 5 heteroatoms. The van der Waals surface area contributed by atoms with E-state index < -0.39 is 0 Å². The van der Waals surface area contributed by atoms with E-state index in [2.05, 4.69) is 60.7 Å². The normalized spacial score (nSPS) is 13.5. The number of rotatable bonds is 13. The molecule has 0 bridgehead atoms. The van der Waals surface area contributed by atoms with Gasteiger partial charge in [-0.1, -0.05) is 127 Å². The third-order valence-electron chi connectivity index (χ3n) is 8.37. The van der Waals surface area contributed by atoms with Crippen LogP contribution in [0.15, 0.2) is 152 Å². The van der Waals surface area contributed by atoms with E-state index in [9.17, 15) is 0 Å². The van der Waals surface area contributed by atoms with Crippen molar-refractivity contribution in [3.05, 3.63) is 185 Å². The van der Waals surface area contributed by atoms with Gasteiger partial charge in [-0.2, -0.15) is 0 Å². The first-order valence-corrected chi connectivity index (χ1v) is 16.4. The fraction of sp³-hybridized carbons (Fsp3) is 0.163. The molecule has 0 saturated carbocycles. The van der Waals surface area contributed by atoms with E-state index in [1.54, 1.807) is 0 Å². The molecule has 5 nitrogen and oxygen atoms in total. The smallest absolute Gasteiger partial charge is 0.162 e. The zero-order chi connectivity index (χ0) is 32.4. The van der Waals surface area contributed by atoms with E-state index in [4.69, 9.17) is 23.7 Å². The van der Waals surface area contributed by atoms with E-state index in [0.717, 1.165) is 57.7 Å². The van der Waals surface area contributed by atoms with Gasteiger partial charge in [0.05, 0.1) is 0 Å². The molecule has 1 atom stereocenters. The Balaban J connectivity index is 1.14. The number of hydrogen-bond donors (Lipinski definition) is 0. The van der Waals surface area contributed by atoms with Crippen molar-refractivity contribution in [1.82, 2.24) is 0 Å². The lowest BCUT2D eigenvalue weighted by Crippen LogP contribution is -2.16. The van der Waals surface area contributed by atoms with Crippen LogP contribution < -0.4 is 23.7 Å². The minimum absolute atomic E-state index is 0.175. The van der Waals surface area contributed by atoms with Gasteiger partial charge >= 0.3 is 0 Å². The Morgan fingerprint density at radius 3 is 1.48 bits per heavy atom. The van der Waals surface area contributed by atoms with Crippen LogP contribution in [0.1, 0.15) is 45.9 Å². The van der Waals surface area contributed by atoms with Gasteiger partial charge in [0.1, 0.15) is 49.8 Å². The van der Waals surface area contributed by atoms with E-state index in [1.165, 1.54) is 0 Å². The molecule has 240 valence electrons. The number of hydrogen-bond acceptors (Lipinski definition) is 5. The molecule has 0 unspecified atom stereocenters. The highest BCUT2D eigenvalue weighted by atomic mass is 16.5. The van der Waals surface area contributed by atoms with Crippen molar-refractivity contribution in [2.45, 2.75) is 45.4 Å². The second kappa shape index (κ2) is 15.3. The second-order valence-electron chi connectivity index (χ2n) is 11.8. The van der Waals surface area contributed by atoms with Crippen LogP contribution in [-0.4, -0.2) is 0 Å². The van der Waals surface area contributed by atoms with Crippen molar-refractivity contribution in [2.24, 2.45) is 0 Å². The lowest BCUT2D eigenvalue weighted by atomic mass is 9.96. The van der Waals surface area contributed by atoms with E-state index in [0.29, 0.717) is 43.7 Å². The first kappa shape index (κ1) is 30.9. The Morgan fingerprint density at radius 1 is 0.458 bits per heavy atom. The van der Waals surface area contributed by atoms with Crippen LogP contribution in [0.5, 0.6) is 28.7 Å². The minimum Gasteiger partial charge on any atom is -0.489 e. The van der Waals surface area contributed by atoms with Gasteiger partial charge in [0.15, 0.2) is 11.5 Å². The number of benzene rings is 6. The average Bonchev–Trinajstić information content (AvgIpc) is 3.16. The third kappa shape index (κ3) is 7.99. The highest BCUT2D eigenvalue weighted by Gasteiger charge is 2.26. The van der Waals surface area contributed by atoms with E-state index >= 15 is 0 Å². The lowest BCUT2D eigenvalue weighted by molar-refractivity contribution is 0.170. The van der Waals surface area contributed by atoms with Gasteiger partial charge < -0.3 is 23.7 Å². The molecule has 7 rings (SSSR count). The van der Waals surface area contributed by atoms with Gasteiger partial charge in [-0.05, 0) is 52.8 Å². The van der Waals surface area contributed by atoms with Crippen LogP contribution in [0.2, 0.25) is 0 Å². The Hall–Kier alpha value is -5.68. The minimum atomic E-state index is -0.175. The summed E-state index contributed by atoms with van der Waals surface area (Å²) in [6.45, 7) is 1.80. The highest BCUT2D eigenvalue weighted by Crippen LogP contribution is 2.44. The molecule has 0 saturated heterocycles. The largest absolute Gasteiger partial charge is 0.489 e. The SMILES string of the molecule is c1ccc(COc2cc(OCc3ccccc3)c3c(c2)O[C@@H](c2ccc(OCc4ccccc4)c(OCc4ccccc4)c2)CC3)cc1. The monoisotopic (exact) mass is 634 g/mol. The maximum Gasteiger partial charge on any atom is 0.162 e. The molecular formula is C43H38O5. The molecule has 1 aliphatic rings. The quantitative estimate of drug-likeness (QED) is 0.127. The zero-order valence-corrected chi connectivity index (χ0v) is 26.8. The number of ether oxygens (including phenoxy) is 5. The summed E-state index contributed by atoms with van der Waals surface area (Å²) >= 11 is 0. The molecule has 48 heavy (non-hydrogen) atoms. The lowest BCUT2D eigenvalue weighted by Gasteiger charge is -2.29. The Morgan fingerprint density at radius 2 is 0.938 bits per heavy atom. The van der Waals surface area contributed by atoms with Crippen molar-refractivity contribution in [1.29, 1.82) is 0 Å². The number of fused-ring (bicyclic) bond motifs is 1. The Bertz CT molecular complexity index is 1890. The Labute approximate surface area is 282 Å². The molecule has 0 aromatic heterocycles. The molecule has 1 aliphatic heterocycles. The summed E-state index contributed by atoms with van der Waals surface area (Å²) in [6, 6.07) is 50.8. The summed E-state index contributed by atoms with van der Waals surface area (Å²) in [5.41, 5.74) is 6.47. The molecule has 1 heterocycles. The molecule has 0 aliphatic carbocycles. The third-order valence-corrected chi connectivity index (χ3v) is 8.37. The molecule has 6 aromatic carbocycles. The summed E-state index contributed by atoms with van der Waals surface area (Å²) in [6.07, 6.45) is 1.42. The fourth-order valence-corrected chi connectivity index (χ4v) is 5.79. The molecule has 0 amide bonds. The zero-order valence-electron chi connectivity index (χ0n) is 26.8. The summed E-state index contributed by atoms with van der Waals surface area (Å²) in [5.74, 6) is 3.65. The maximum absolute atomic E-state index is 6.73. The van der Waals surface area contributed by atoms with Crippen molar-refractivity contribution < 1.29 is 23.7 Å². The van der Waals surface area contributed by atoms with Gasteiger partial charge in [0, 0.05) is 17.7 Å². The average molecular weight is 635 g/mol. The highest BCUT2D eigenvalue weighted by molar-refractivity contribution is 5.53. The molecule has 0 radical (unpaired) electrons. The van der Waals surface area contributed by atoms with Gasteiger partial charge in [0.25, 0.3) is 0 Å². The van der Waals surface area contributed by atoms with E-state index in [-0.39, 0.29) is 6.10 Å². The summed E-state index contributed by atoms with van der Waals surface area (Å²) in [4.78, 5) is 0. The fourth-order valence-electron chi connectivity index (χ4n) is 5.79. The van der Waals surface area contributed by atoms with Crippen molar-refractivity contribution in [3.63, 3.8) is 0 Å². The molecule has 6 aromatic rings. The van der Waals surface area contributed by atoms with Crippen LogP contribution >= 0.6 is 0 Å². The van der Waals surface area contributed by atoms with Gasteiger partial charge in [0.2, 0.25) is 0 Å². The van der Waals surface area contributed by atoms with Gasteiger partial charge in [-0.3, -0.25) is 0 Å². The van der Waals surface area contributed by atoms with E-state index in [1.807, 2.05) is 91.0 Å². The first-order chi connectivity index (χ1) is 23.8. The maximum atomic E-state index is 6.73. The Kier molecular flexibility index (Phi) is 9.85. The predicted molar refractivity (Wildman–Crippen MR) is 188 cm³/mol. The summed E-state index contributed by atoms with van der Waals surface area (Å²) < 4.78 is 32.0. The molecular weight excluding hydrogens is 596 g/mol. The second-order valence-corrected chi connectivity index (χ2v) is 11.8. The van der Waals surface area contributed by atoms with Gasteiger partial charge in [-0.15, -0.1) is 0 Å². The van der Waals surface area contributed by atoms with Crippen LogP contribution in [0.4, 0.5) is 0 Å². The predicted octanol–water partition coefficient (Wildman–Crippen LogP) is 10.1. The van der Waals surface area contributed by atoms with Crippen LogP contribution in [0.3, 0.4) is 0 Å².